The second kappa shape index (κ2) is 6.59. The first-order chi connectivity index (χ1) is 7.29. The second-order valence-electron chi connectivity index (χ2n) is 3.86. The van der Waals surface area contributed by atoms with Gasteiger partial charge in [0.1, 0.15) is 0 Å². The zero-order valence-corrected chi connectivity index (χ0v) is 9.37. The van der Waals surface area contributed by atoms with E-state index < -0.39 is 0 Å². The molecule has 0 amide bonds. The van der Waals surface area contributed by atoms with Crippen molar-refractivity contribution in [1.82, 2.24) is 0 Å². The average Bonchev–Trinajstić information content (AvgIpc) is 2.26. The largest absolute Gasteiger partial charge is 0.396 e. The number of rotatable bonds is 6. The molecule has 0 aromatic heterocycles. The number of hydrogen-bond acceptors (Lipinski definition) is 2. The summed E-state index contributed by atoms with van der Waals surface area (Å²) in [5, 5.41) is 17.6. The summed E-state index contributed by atoms with van der Waals surface area (Å²) in [4.78, 5) is 0. The van der Waals surface area contributed by atoms with Gasteiger partial charge in [0.2, 0.25) is 0 Å². The van der Waals surface area contributed by atoms with Crippen LogP contribution in [-0.2, 0) is 12.8 Å². The van der Waals surface area contributed by atoms with E-state index in [1.54, 1.807) is 0 Å². The van der Waals surface area contributed by atoms with E-state index in [1.807, 2.05) is 0 Å². The van der Waals surface area contributed by atoms with Crippen molar-refractivity contribution >= 4 is 0 Å². The minimum Gasteiger partial charge on any atom is -0.396 e. The van der Waals surface area contributed by atoms with E-state index in [2.05, 4.69) is 25.1 Å². The van der Waals surface area contributed by atoms with Gasteiger partial charge in [-0.05, 0) is 49.3 Å². The maximum absolute atomic E-state index is 8.80. The van der Waals surface area contributed by atoms with Crippen molar-refractivity contribution in [3.8, 4) is 0 Å². The van der Waals surface area contributed by atoms with Crippen LogP contribution in [-0.4, -0.2) is 23.4 Å². The summed E-state index contributed by atoms with van der Waals surface area (Å²) in [6, 6.07) is 6.30. The molecule has 2 nitrogen and oxygen atoms in total. The highest BCUT2D eigenvalue weighted by Crippen LogP contribution is 2.16. The maximum Gasteiger partial charge on any atom is 0.0434 e. The van der Waals surface area contributed by atoms with Crippen molar-refractivity contribution in [2.24, 2.45) is 0 Å². The second-order valence-corrected chi connectivity index (χ2v) is 3.86. The summed E-state index contributed by atoms with van der Waals surface area (Å²) in [6.45, 7) is 2.63. The molecule has 0 aliphatic carbocycles. The van der Waals surface area contributed by atoms with Crippen LogP contribution in [0.4, 0.5) is 0 Å². The van der Waals surface area contributed by atoms with E-state index >= 15 is 0 Å². The molecule has 0 heterocycles. The first kappa shape index (κ1) is 12.2. The Morgan fingerprint density at radius 3 is 1.80 bits per heavy atom. The number of aryl methyl sites for hydroxylation is 2. The molecule has 1 rings (SSSR count). The summed E-state index contributed by atoms with van der Waals surface area (Å²) in [7, 11) is 0. The molecule has 15 heavy (non-hydrogen) atoms. The molecule has 2 heteroatoms. The lowest BCUT2D eigenvalue weighted by atomic mass is 9.96. The summed E-state index contributed by atoms with van der Waals surface area (Å²) >= 11 is 0. The molecular weight excluding hydrogens is 188 g/mol. The highest BCUT2D eigenvalue weighted by Gasteiger charge is 2.03. The zero-order valence-electron chi connectivity index (χ0n) is 9.37. The van der Waals surface area contributed by atoms with E-state index in [0.717, 1.165) is 25.7 Å². The SMILES string of the molecule is Cc1c(CCCO)cccc1CCCO. The fraction of sp³-hybridized carbons (Fsp3) is 0.538. The van der Waals surface area contributed by atoms with Crippen LogP contribution in [0.15, 0.2) is 18.2 Å². The summed E-state index contributed by atoms with van der Waals surface area (Å²) in [5.74, 6) is 0. The molecule has 0 saturated carbocycles. The number of aliphatic hydroxyl groups excluding tert-OH is 2. The lowest BCUT2D eigenvalue weighted by Crippen LogP contribution is -1.98. The van der Waals surface area contributed by atoms with Crippen molar-refractivity contribution in [2.45, 2.75) is 32.6 Å². The van der Waals surface area contributed by atoms with Gasteiger partial charge in [-0.25, -0.2) is 0 Å². The van der Waals surface area contributed by atoms with Crippen LogP contribution < -0.4 is 0 Å². The molecule has 0 aliphatic heterocycles. The van der Waals surface area contributed by atoms with Crippen LogP contribution >= 0.6 is 0 Å². The monoisotopic (exact) mass is 208 g/mol. The number of hydrogen-bond donors (Lipinski definition) is 2. The molecule has 0 atom stereocenters. The molecule has 1 aromatic carbocycles. The molecule has 0 bridgehead atoms. The Bertz CT molecular complexity index is 268. The molecular formula is C13H20O2. The highest BCUT2D eigenvalue weighted by molar-refractivity contribution is 5.34. The first-order valence-electron chi connectivity index (χ1n) is 5.58. The topological polar surface area (TPSA) is 40.5 Å². The van der Waals surface area contributed by atoms with Crippen molar-refractivity contribution < 1.29 is 10.2 Å². The Morgan fingerprint density at radius 1 is 0.933 bits per heavy atom. The molecule has 0 unspecified atom stereocenters. The van der Waals surface area contributed by atoms with Gasteiger partial charge >= 0.3 is 0 Å². The van der Waals surface area contributed by atoms with Crippen molar-refractivity contribution in [2.75, 3.05) is 13.2 Å². The van der Waals surface area contributed by atoms with Crippen molar-refractivity contribution in [3.63, 3.8) is 0 Å². The molecule has 0 spiro atoms. The Morgan fingerprint density at radius 2 is 1.40 bits per heavy atom. The standard InChI is InChI=1S/C13H20O2/c1-11-12(7-3-9-14)5-2-6-13(11)8-4-10-15/h2,5-6,14-15H,3-4,7-10H2,1H3. The van der Waals surface area contributed by atoms with Gasteiger partial charge in [-0.1, -0.05) is 18.2 Å². The van der Waals surface area contributed by atoms with Gasteiger partial charge in [0.15, 0.2) is 0 Å². The van der Waals surface area contributed by atoms with Crippen LogP contribution in [0, 0.1) is 6.92 Å². The third-order valence-corrected chi connectivity index (χ3v) is 2.77. The first-order valence-corrected chi connectivity index (χ1v) is 5.58. The summed E-state index contributed by atoms with van der Waals surface area (Å²) in [6.07, 6.45) is 3.53. The zero-order chi connectivity index (χ0) is 11.1. The van der Waals surface area contributed by atoms with Crippen LogP contribution in [0.2, 0.25) is 0 Å². The van der Waals surface area contributed by atoms with E-state index in [9.17, 15) is 0 Å². The lowest BCUT2D eigenvalue weighted by molar-refractivity contribution is 0.288. The lowest BCUT2D eigenvalue weighted by Gasteiger charge is -2.10. The Kier molecular flexibility index (Phi) is 5.37. The van der Waals surface area contributed by atoms with Gasteiger partial charge in [0, 0.05) is 13.2 Å². The van der Waals surface area contributed by atoms with Gasteiger partial charge in [-0.3, -0.25) is 0 Å². The van der Waals surface area contributed by atoms with E-state index in [1.165, 1.54) is 16.7 Å². The molecule has 2 N–H and O–H groups in total. The van der Waals surface area contributed by atoms with Crippen LogP contribution in [0.5, 0.6) is 0 Å². The minimum absolute atomic E-state index is 0.250. The Hall–Kier alpha value is -0.860. The number of aliphatic hydroxyl groups is 2. The van der Waals surface area contributed by atoms with Crippen molar-refractivity contribution in [1.29, 1.82) is 0 Å². The molecule has 0 radical (unpaired) electrons. The summed E-state index contributed by atoms with van der Waals surface area (Å²) < 4.78 is 0. The van der Waals surface area contributed by atoms with E-state index in [-0.39, 0.29) is 13.2 Å². The highest BCUT2D eigenvalue weighted by atomic mass is 16.3. The van der Waals surface area contributed by atoms with Gasteiger partial charge in [0.25, 0.3) is 0 Å². The maximum atomic E-state index is 8.80. The predicted octanol–water partition coefficient (Wildman–Crippen LogP) is 1.84. The van der Waals surface area contributed by atoms with Crippen LogP contribution in [0.25, 0.3) is 0 Å². The molecule has 0 aliphatic rings. The predicted molar refractivity (Wildman–Crippen MR) is 62.0 cm³/mol. The Labute approximate surface area is 91.6 Å². The minimum atomic E-state index is 0.250. The third kappa shape index (κ3) is 3.65. The van der Waals surface area contributed by atoms with Gasteiger partial charge in [-0.2, -0.15) is 0 Å². The van der Waals surface area contributed by atoms with E-state index in [4.69, 9.17) is 10.2 Å². The van der Waals surface area contributed by atoms with Gasteiger partial charge < -0.3 is 10.2 Å². The van der Waals surface area contributed by atoms with Gasteiger partial charge in [0.05, 0.1) is 0 Å². The molecule has 0 fully saturated rings. The van der Waals surface area contributed by atoms with Crippen molar-refractivity contribution in [3.05, 3.63) is 34.9 Å². The molecule has 84 valence electrons. The summed E-state index contributed by atoms with van der Waals surface area (Å²) in [5.41, 5.74) is 3.96. The smallest absolute Gasteiger partial charge is 0.0434 e. The normalized spacial score (nSPS) is 10.6. The fourth-order valence-electron chi connectivity index (χ4n) is 1.82. The Balaban J connectivity index is 2.71. The van der Waals surface area contributed by atoms with Crippen LogP contribution in [0.3, 0.4) is 0 Å². The quantitative estimate of drug-likeness (QED) is 0.749. The molecule has 0 saturated heterocycles. The molecule has 1 aromatic rings. The third-order valence-electron chi connectivity index (χ3n) is 2.77. The number of benzene rings is 1. The average molecular weight is 208 g/mol. The van der Waals surface area contributed by atoms with Gasteiger partial charge in [-0.15, -0.1) is 0 Å². The van der Waals surface area contributed by atoms with Crippen LogP contribution in [0.1, 0.15) is 29.5 Å². The van der Waals surface area contributed by atoms with E-state index in [0.29, 0.717) is 0 Å². The fourth-order valence-corrected chi connectivity index (χ4v) is 1.82.